The standard InChI is InChI=1S/C16H20N2O9S/c1-8(19)27-6-9-7-28(24,25)15-12(26-2)14(21)18(15)11(9)13(20)17-5-3-4-10(17)16(22)23/h10,12,15H,3-7H2,1-2H3,(H,22,23)/t10-,12+,15-/m1/s1. The average Bonchev–Trinajstić information content (AvgIpc) is 3.09. The number of carboxylic acid groups (broad SMARTS) is 1. The van der Waals surface area contributed by atoms with Crippen LogP contribution < -0.4 is 0 Å². The number of aliphatic carboxylic acids is 1. The number of esters is 1. The number of hydrogen-bond acceptors (Lipinski definition) is 8. The van der Waals surface area contributed by atoms with Gasteiger partial charge in [-0.3, -0.25) is 19.3 Å². The Hall–Kier alpha value is -2.47. The van der Waals surface area contributed by atoms with Crippen LogP contribution in [0.2, 0.25) is 0 Å². The third kappa shape index (κ3) is 3.15. The van der Waals surface area contributed by atoms with Gasteiger partial charge in [-0.1, -0.05) is 0 Å². The number of methoxy groups -OCH3 is 1. The van der Waals surface area contributed by atoms with Gasteiger partial charge in [-0.2, -0.15) is 0 Å². The van der Waals surface area contributed by atoms with E-state index in [1.807, 2.05) is 0 Å². The van der Waals surface area contributed by atoms with Crippen LogP contribution in [0.3, 0.4) is 0 Å². The summed E-state index contributed by atoms with van der Waals surface area (Å²) >= 11 is 0. The number of amides is 2. The van der Waals surface area contributed by atoms with Crippen molar-refractivity contribution < 1.29 is 42.2 Å². The quantitative estimate of drug-likeness (QED) is 0.417. The van der Waals surface area contributed by atoms with Gasteiger partial charge >= 0.3 is 11.9 Å². The Balaban J connectivity index is 2.05. The van der Waals surface area contributed by atoms with Gasteiger partial charge in [-0.05, 0) is 12.8 Å². The van der Waals surface area contributed by atoms with Gasteiger partial charge in [0.05, 0.1) is 5.75 Å². The number of β-lactam (4-membered cyclic amide) rings is 1. The molecule has 2 fully saturated rings. The number of hydrogen-bond donors (Lipinski definition) is 1. The first-order valence-electron chi connectivity index (χ1n) is 8.56. The summed E-state index contributed by atoms with van der Waals surface area (Å²) in [5, 5.41) is 7.98. The van der Waals surface area contributed by atoms with Crippen LogP contribution in [0.4, 0.5) is 0 Å². The zero-order valence-electron chi connectivity index (χ0n) is 15.3. The zero-order valence-corrected chi connectivity index (χ0v) is 16.1. The Morgan fingerprint density at radius 3 is 2.54 bits per heavy atom. The van der Waals surface area contributed by atoms with Gasteiger partial charge in [0, 0.05) is 26.2 Å². The van der Waals surface area contributed by atoms with Crippen molar-refractivity contribution in [1.29, 1.82) is 0 Å². The van der Waals surface area contributed by atoms with Crippen LogP contribution >= 0.6 is 0 Å². The first kappa shape index (κ1) is 20.3. The van der Waals surface area contributed by atoms with Crippen LogP contribution in [-0.4, -0.2) is 90.6 Å². The second-order valence-electron chi connectivity index (χ2n) is 6.79. The van der Waals surface area contributed by atoms with E-state index in [0.29, 0.717) is 6.42 Å². The molecule has 1 N–H and O–H groups in total. The minimum Gasteiger partial charge on any atom is -0.480 e. The third-order valence-corrected chi connectivity index (χ3v) is 6.96. The first-order valence-corrected chi connectivity index (χ1v) is 10.3. The summed E-state index contributed by atoms with van der Waals surface area (Å²) in [6.45, 7) is 0.793. The monoisotopic (exact) mass is 416 g/mol. The highest BCUT2D eigenvalue weighted by atomic mass is 32.2. The molecule has 3 heterocycles. The predicted octanol–water partition coefficient (Wildman–Crippen LogP) is -1.51. The summed E-state index contributed by atoms with van der Waals surface area (Å²) in [5.74, 6) is -3.95. The Bertz CT molecular complexity index is 879. The molecule has 3 atom stereocenters. The number of carbonyl (C=O) groups excluding carboxylic acids is 3. The normalized spacial score (nSPS) is 28.6. The lowest BCUT2D eigenvalue weighted by Crippen LogP contribution is -2.71. The van der Waals surface area contributed by atoms with E-state index in [2.05, 4.69) is 0 Å². The summed E-state index contributed by atoms with van der Waals surface area (Å²) in [6.07, 6.45) is -0.521. The maximum atomic E-state index is 13.1. The highest BCUT2D eigenvalue weighted by Crippen LogP contribution is 2.39. The van der Waals surface area contributed by atoms with Crippen molar-refractivity contribution in [1.82, 2.24) is 9.80 Å². The smallest absolute Gasteiger partial charge is 0.326 e. The molecule has 0 spiro atoms. The summed E-state index contributed by atoms with van der Waals surface area (Å²) in [7, 11) is -2.70. The van der Waals surface area contributed by atoms with Gasteiger partial charge in [-0.25, -0.2) is 13.2 Å². The molecule has 0 aromatic heterocycles. The number of ether oxygens (including phenoxy) is 2. The van der Waals surface area contributed by atoms with E-state index in [-0.39, 0.29) is 24.2 Å². The average molecular weight is 416 g/mol. The molecule has 0 unspecified atom stereocenters. The van der Waals surface area contributed by atoms with Crippen LogP contribution in [0.1, 0.15) is 19.8 Å². The number of rotatable bonds is 5. The van der Waals surface area contributed by atoms with Crippen LogP contribution in [0, 0.1) is 0 Å². The van der Waals surface area contributed by atoms with Crippen molar-refractivity contribution in [2.75, 3.05) is 26.0 Å². The lowest BCUT2D eigenvalue weighted by atomic mass is 10.0. The van der Waals surface area contributed by atoms with Crippen molar-refractivity contribution in [2.24, 2.45) is 0 Å². The lowest BCUT2D eigenvalue weighted by Gasteiger charge is -2.49. The highest BCUT2D eigenvalue weighted by molar-refractivity contribution is 7.92. The molecule has 0 aromatic carbocycles. The fraction of sp³-hybridized carbons (Fsp3) is 0.625. The van der Waals surface area contributed by atoms with Gasteiger partial charge in [-0.15, -0.1) is 0 Å². The van der Waals surface area contributed by atoms with E-state index in [1.165, 1.54) is 7.11 Å². The highest BCUT2D eigenvalue weighted by Gasteiger charge is 2.61. The minimum absolute atomic E-state index is 0.0598. The largest absolute Gasteiger partial charge is 0.480 e. The lowest BCUT2D eigenvalue weighted by molar-refractivity contribution is -0.162. The fourth-order valence-electron chi connectivity index (χ4n) is 3.76. The fourth-order valence-corrected chi connectivity index (χ4v) is 5.77. The van der Waals surface area contributed by atoms with E-state index >= 15 is 0 Å². The minimum atomic E-state index is -3.89. The van der Waals surface area contributed by atoms with E-state index in [1.54, 1.807) is 0 Å². The molecule has 3 aliphatic rings. The second-order valence-corrected chi connectivity index (χ2v) is 8.89. The number of carbonyl (C=O) groups is 4. The Kier molecular flexibility index (Phi) is 5.19. The summed E-state index contributed by atoms with van der Waals surface area (Å²) in [4.78, 5) is 50.1. The van der Waals surface area contributed by atoms with E-state index in [4.69, 9.17) is 9.47 Å². The van der Waals surface area contributed by atoms with Gasteiger partial charge < -0.3 is 19.5 Å². The first-order chi connectivity index (χ1) is 13.1. The van der Waals surface area contributed by atoms with Crippen molar-refractivity contribution in [3.8, 4) is 0 Å². The molecule has 3 rings (SSSR count). The van der Waals surface area contributed by atoms with Crippen LogP contribution in [0.5, 0.6) is 0 Å². The SMILES string of the molecule is CO[C@H]1C(=O)N2C(C(=O)N3CCC[C@@H]3C(=O)O)=C(COC(C)=O)CS(=O)(=O)[C@H]12. The van der Waals surface area contributed by atoms with Gasteiger partial charge in [0.2, 0.25) is 0 Å². The summed E-state index contributed by atoms with van der Waals surface area (Å²) in [5.41, 5.74) is -0.303. The molecular weight excluding hydrogens is 396 g/mol. The predicted molar refractivity (Wildman–Crippen MR) is 91.2 cm³/mol. The van der Waals surface area contributed by atoms with Gasteiger partial charge in [0.15, 0.2) is 21.3 Å². The summed E-state index contributed by atoms with van der Waals surface area (Å²) < 4.78 is 35.0. The van der Waals surface area contributed by atoms with Crippen LogP contribution in [0.25, 0.3) is 0 Å². The number of nitrogens with zero attached hydrogens (tertiary/aromatic N) is 2. The molecule has 3 aliphatic heterocycles. The molecule has 154 valence electrons. The number of sulfone groups is 1. The molecule has 0 aliphatic carbocycles. The second kappa shape index (κ2) is 7.17. The van der Waals surface area contributed by atoms with Crippen molar-refractivity contribution >= 4 is 33.6 Å². The van der Waals surface area contributed by atoms with Gasteiger partial charge in [0.25, 0.3) is 11.8 Å². The Morgan fingerprint density at radius 2 is 1.96 bits per heavy atom. The Morgan fingerprint density at radius 1 is 1.29 bits per heavy atom. The number of carboxylic acids is 1. The maximum absolute atomic E-state index is 13.1. The van der Waals surface area contributed by atoms with Gasteiger partial charge in [0.1, 0.15) is 18.3 Å². The molecule has 11 nitrogen and oxygen atoms in total. The number of likely N-dealkylation sites (tertiary alicyclic amines) is 1. The summed E-state index contributed by atoms with van der Waals surface area (Å²) in [6, 6.07) is -1.07. The molecule has 0 aromatic rings. The maximum Gasteiger partial charge on any atom is 0.326 e. The Labute approximate surface area is 160 Å². The number of fused-ring (bicyclic) bond motifs is 1. The zero-order chi connectivity index (χ0) is 20.8. The molecule has 12 heteroatoms. The van der Waals surface area contributed by atoms with E-state index < -0.39 is 63.5 Å². The third-order valence-electron chi connectivity index (χ3n) is 5.02. The van der Waals surface area contributed by atoms with Crippen molar-refractivity contribution in [2.45, 2.75) is 37.3 Å². The molecule has 0 saturated carbocycles. The molecule has 28 heavy (non-hydrogen) atoms. The topological polar surface area (TPSA) is 148 Å². The molecule has 0 bridgehead atoms. The van der Waals surface area contributed by atoms with E-state index in [9.17, 15) is 32.7 Å². The van der Waals surface area contributed by atoms with Crippen molar-refractivity contribution in [3.05, 3.63) is 11.3 Å². The van der Waals surface area contributed by atoms with Crippen LogP contribution in [-0.2, 0) is 38.5 Å². The molecule has 2 amide bonds. The van der Waals surface area contributed by atoms with Crippen LogP contribution in [0.15, 0.2) is 11.3 Å². The van der Waals surface area contributed by atoms with Crippen molar-refractivity contribution in [3.63, 3.8) is 0 Å². The molecular formula is C16H20N2O9S. The molecule has 0 radical (unpaired) electrons. The van der Waals surface area contributed by atoms with E-state index in [0.717, 1.165) is 16.7 Å². The molecule has 2 saturated heterocycles.